The molecule has 0 atom stereocenters. The Labute approximate surface area is 376 Å². The Kier molecular flexibility index (Phi) is 10.5. The molecule has 0 saturated heterocycles. The van der Waals surface area contributed by atoms with Crippen LogP contribution in [-0.2, 0) is 20.1 Å². The standard InChI is InChI=1S/C39H31N2S.C15H18NSi.Ir/c1-23(2)26-13-9-14-27(24(3)4)37(26)41-34-18-8-7-17-33(34)40-39(41)32-16-10-15-31-36-30-20-19-25-11-5-6-12-28(25)29(30)21-22-35(36)42-38(31)32;1-12-5-7-13(8-6-12)15-10-9-14(11-16-15)17(2,3)4;/h5-15,17-24H,1-4H3;5-7,9-11H,1-4H3;/q2*-1;/i;1D3;. The topological polar surface area (TPSA) is 30.7 Å². The minimum absolute atomic E-state index is 0. The number of aromatic nitrogens is 3. The second kappa shape index (κ2) is 16.7. The zero-order valence-corrected chi connectivity index (χ0v) is 39.2. The van der Waals surface area contributed by atoms with Crippen LogP contribution in [0.4, 0.5) is 0 Å². The quantitative estimate of drug-likeness (QED) is 0.0944. The van der Waals surface area contributed by atoms with Gasteiger partial charge in [-0.3, -0.25) is 4.98 Å². The average Bonchev–Trinajstić information content (AvgIpc) is 3.85. The van der Waals surface area contributed by atoms with Crippen molar-refractivity contribution in [1.29, 1.82) is 0 Å². The monoisotopic (exact) mass is 995 g/mol. The first-order valence-electron chi connectivity index (χ1n) is 22.0. The Morgan fingerprint density at radius 2 is 1.45 bits per heavy atom. The molecule has 6 heteroatoms. The summed E-state index contributed by atoms with van der Waals surface area (Å²) in [5.74, 6) is 1.70. The summed E-state index contributed by atoms with van der Waals surface area (Å²) in [4.78, 5) is 9.79. The molecule has 0 N–H and O–H groups in total. The van der Waals surface area contributed by atoms with E-state index in [9.17, 15) is 0 Å². The minimum Gasteiger partial charge on any atom is -0.333 e. The molecule has 3 nitrogen and oxygen atoms in total. The molecule has 0 fully saturated rings. The molecule has 1 radical (unpaired) electrons. The van der Waals surface area contributed by atoms with Crippen molar-refractivity contribution in [3.63, 3.8) is 0 Å². The number of hydrogen-bond acceptors (Lipinski definition) is 3. The summed E-state index contributed by atoms with van der Waals surface area (Å²) < 4.78 is 27.0. The molecule has 10 rings (SSSR count). The number of pyridine rings is 1. The van der Waals surface area contributed by atoms with Gasteiger partial charge in [0.25, 0.3) is 0 Å². The van der Waals surface area contributed by atoms with Gasteiger partial charge in [-0.25, -0.2) is 0 Å². The van der Waals surface area contributed by atoms with E-state index < -0.39 is 14.9 Å². The molecule has 0 unspecified atom stereocenters. The van der Waals surface area contributed by atoms with Crippen molar-refractivity contribution in [3.8, 4) is 28.3 Å². The normalized spacial score (nSPS) is 12.8. The van der Waals surface area contributed by atoms with E-state index in [-0.39, 0.29) is 20.1 Å². The molecule has 3 aromatic heterocycles. The summed E-state index contributed by atoms with van der Waals surface area (Å²) in [6.45, 7) is 13.9. The van der Waals surface area contributed by atoms with Crippen LogP contribution in [0, 0.1) is 19.0 Å². The van der Waals surface area contributed by atoms with Gasteiger partial charge in [0, 0.05) is 40.8 Å². The van der Waals surface area contributed by atoms with Gasteiger partial charge in [0.05, 0.1) is 24.9 Å². The van der Waals surface area contributed by atoms with E-state index >= 15 is 0 Å². The first-order valence-corrected chi connectivity index (χ1v) is 24.8. The van der Waals surface area contributed by atoms with Crippen molar-refractivity contribution >= 4 is 77.3 Å². The number of fused-ring (bicyclic) bond motifs is 8. The van der Waals surface area contributed by atoms with Crippen LogP contribution in [0.1, 0.15) is 60.3 Å². The van der Waals surface area contributed by atoms with Crippen LogP contribution < -0.4 is 5.19 Å². The molecule has 0 spiro atoms. The van der Waals surface area contributed by atoms with Crippen LogP contribution in [0.25, 0.3) is 81.1 Å². The smallest absolute Gasteiger partial charge is 0.0795 e. The van der Waals surface area contributed by atoms with Crippen LogP contribution in [0.15, 0.2) is 140 Å². The van der Waals surface area contributed by atoms with E-state index in [1.165, 1.54) is 69.8 Å². The van der Waals surface area contributed by atoms with Crippen LogP contribution >= 0.6 is 11.3 Å². The number of para-hydroxylation sites is 3. The first-order chi connectivity index (χ1) is 29.7. The van der Waals surface area contributed by atoms with E-state index in [1.54, 1.807) is 12.1 Å². The van der Waals surface area contributed by atoms with Gasteiger partial charge in [0.15, 0.2) is 0 Å². The Bertz CT molecular complexity index is 3190. The van der Waals surface area contributed by atoms with Crippen LogP contribution in [0.5, 0.6) is 0 Å². The van der Waals surface area contributed by atoms with Crippen molar-refractivity contribution in [2.45, 2.75) is 66.0 Å². The maximum atomic E-state index is 7.35. The summed E-state index contributed by atoms with van der Waals surface area (Å²) in [7, 11) is -1.34. The number of benzene rings is 7. The van der Waals surface area contributed by atoms with E-state index in [0.29, 0.717) is 17.4 Å². The zero-order valence-electron chi connectivity index (χ0n) is 38.0. The Balaban J connectivity index is 0.000000219. The van der Waals surface area contributed by atoms with Crippen LogP contribution in [0.3, 0.4) is 0 Å². The molecule has 7 aromatic carbocycles. The van der Waals surface area contributed by atoms with E-state index in [1.807, 2.05) is 23.6 Å². The predicted octanol–water partition coefficient (Wildman–Crippen LogP) is 14.8. The fourth-order valence-corrected chi connectivity index (χ4v) is 10.5. The van der Waals surface area contributed by atoms with Gasteiger partial charge >= 0.3 is 0 Å². The fourth-order valence-electron chi connectivity index (χ4n) is 8.27. The Morgan fingerprint density at radius 3 is 2.15 bits per heavy atom. The van der Waals surface area contributed by atoms with E-state index in [4.69, 9.17) is 9.10 Å². The maximum Gasteiger partial charge on any atom is 0.0795 e. The Hall–Kier alpha value is -5.23. The third-order valence-electron chi connectivity index (χ3n) is 11.4. The largest absolute Gasteiger partial charge is 0.333 e. The first kappa shape index (κ1) is 37.7. The third kappa shape index (κ3) is 7.56. The number of nitrogens with zero attached hydrogens (tertiary/aromatic N) is 3. The van der Waals surface area contributed by atoms with Crippen molar-refractivity contribution in [1.82, 2.24) is 14.5 Å². The summed E-state index contributed by atoms with van der Waals surface area (Å²) in [5.41, 5.74) is 9.08. The number of thiophene rings is 1. The van der Waals surface area contributed by atoms with Gasteiger partial charge in [0.2, 0.25) is 0 Å². The molecule has 10 aromatic rings. The van der Waals surface area contributed by atoms with Gasteiger partial charge in [-0.1, -0.05) is 150 Å². The molecule has 0 aliphatic carbocycles. The summed E-state index contributed by atoms with van der Waals surface area (Å²) in [6, 6.07) is 53.1. The molecule has 0 saturated carbocycles. The summed E-state index contributed by atoms with van der Waals surface area (Å²) in [5, 5.41) is 9.07. The average molecular weight is 995 g/mol. The SMILES string of the molecule is CC(C)c1cccc(C(C)C)c1-n1c(-c2[c-]ccc3c2sc2ccc4c5ccccc5ccc4c23)nc2ccccc21.[2H]C([2H])([2H])c1c[c-]c(-c2ccc([Si](C)(C)C)cn2)cc1.[Ir]. The fraction of sp³-hybridized carbons (Fsp3) is 0.185. The van der Waals surface area contributed by atoms with E-state index in [2.05, 4.69) is 178 Å². The molecular formula is C54H49IrN3SSi-2. The van der Waals surface area contributed by atoms with Crippen LogP contribution in [-0.4, -0.2) is 22.6 Å². The number of hydrogen-bond donors (Lipinski definition) is 0. The number of imidazole rings is 1. The molecule has 0 amide bonds. The molecule has 60 heavy (non-hydrogen) atoms. The Morgan fingerprint density at radius 1 is 0.700 bits per heavy atom. The minimum atomic E-state index is -2.08. The van der Waals surface area contributed by atoms with Crippen LogP contribution in [0.2, 0.25) is 19.6 Å². The second-order valence-corrected chi connectivity index (χ2v) is 23.2. The van der Waals surface area contributed by atoms with Crippen molar-refractivity contribution in [2.24, 2.45) is 0 Å². The summed E-state index contributed by atoms with van der Waals surface area (Å²) in [6.07, 6.45) is 1.92. The van der Waals surface area contributed by atoms with Crippen molar-refractivity contribution in [3.05, 3.63) is 168 Å². The third-order valence-corrected chi connectivity index (χ3v) is 14.6. The second-order valence-electron chi connectivity index (χ2n) is 17.0. The van der Waals surface area contributed by atoms with Crippen molar-refractivity contribution in [2.75, 3.05) is 0 Å². The molecule has 3 heterocycles. The molecule has 0 bridgehead atoms. The molecular weight excluding hydrogens is 943 g/mol. The number of rotatable bonds is 6. The molecule has 301 valence electrons. The number of aryl methyl sites for hydroxylation is 1. The van der Waals surface area contributed by atoms with Gasteiger partial charge in [-0.05, 0) is 83.7 Å². The molecule has 0 aliphatic rings. The van der Waals surface area contributed by atoms with Gasteiger partial charge < -0.3 is 9.55 Å². The van der Waals surface area contributed by atoms with Crippen molar-refractivity contribution < 1.29 is 24.2 Å². The van der Waals surface area contributed by atoms with Gasteiger partial charge in [-0.15, -0.1) is 53.6 Å². The zero-order chi connectivity index (χ0) is 43.5. The van der Waals surface area contributed by atoms with Gasteiger partial charge in [0.1, 0.15) is 0 Å². The van der Waals surface area contributed by atoms with Gasteiger partial charge in [-0.2, -0.15) is 11.3 Å². The molecule has 0 aliphatic heterocycles. The maximum absolute atomic E-state index is 7.35. The summed E-state index contributed by atoms with van der Waals surface area (Å²) >= 11 is 1.85. The van der Waals surface area contributed by atoms with E-state index in [0.717, 1.165) is 33.7 Å². The predicted molar refractivity (Wildman–Crippen MR) is 258 cm³/mol.